The summed E-state index contributed by atoms with van der Waals surface area (Å²) in [5.74, 6) is 0. The van der Waals surface area contributed by atoms with Crippen molar-refractivity contribution in [3.8, 4) is 0 Å². The van der Waals surface area contributed by atoms with Crippen molar-refractivity contribution < 1.29 is 0 Å². The highest BCUT2D eigenvalue weighted by Crippen LogP contribution is 1.96. The average molecular weight is 245 g/mol. The second kappa shape index (κ2) is 11.8. The molecule has 0 aromatic heterocycles. The van der Waals surface area contributed by atoms with Crippen LogP contribution in [-0.2, 0) is 0 Å². The fraction of sp³-hybridized carbons (Fsp3) is 0.353. The standard InChI is InChI=1S/C9H14.C8H13N/c1-5-9(4)7-6-8(2)3;1-5-8(4)6-9-7(2)3/h5-7H,1H2,2-4H3;5-6H,1H2,2-4H3/b9-7-;8-6-. The van der Waals surface area contributed by atoms with Crippen molar-refractivity contribution in [2.75, 3.05) is 0 Å². The molecule has 0 heterocycles. The van der Waals surface area contributed by atoms with E-state index in [9.17, 15) is 0 Å². The van der Waals surface area contributed by atoms with Gasteiger partial charge in [-0.1, -0.05) is 48.6 Å². The Morgan fingerprint density at radius 2 is 1.28 bits per heavy atom. The minimum Gasteiger partial charge on any atom is -0.266 e. The predicted molar refractivity (Wildman–Crippen MR) is 86.1 cm³/mol. The maximum Gasteiger partial charge on any atom is 0.0295 e. The van der Waals surface area contributed by atoms with Gasteiger partial charge in [-0.05, 0) is 47.1 Å². The van der Waals surface area contributed by atoms with Crippen LogP contribution in [0, 0.1) is 0 Å². The van der Waals surface area contributed by atoms with Crippen LogP contribution in [0.15, 0.2) is 65.4 Å². The summed E-state index contributed by atoms with van der Waals surface area (Å²) in [5.41, 5.74) is 4.68. The summed E-state index contributed by atoms with van der Waals surface area (Å²) < 4.78 is 0. The third kappa shape index (κ3) is 16.8. The van der Waals surface area contributed by atoms with Crippen LogP contribution >= 0.6 is 0 Å². The van der Waals surface area contributed by atoms with Gasteiger partial charge in [0, 0.05) is 11.9 Å². The number of nitrogens with zero attached hydrogens (tertiary/aromatic N) is 1. The second-order valence-corrected chi connectivity index (χ2v) is 4.51. The molecule has 0 aromatic rings. The van der Waals surface area contributed by atoms with Gasteiger partial charge >= 0.3 is 0 Å². The number of hydrogen-bond acceptors (Lipinski definition) is 1. The van der Waals surface area contributed by atoms with E-state index in [2.05, 4.69) is 44.1 Å². The van der Waals surface area contributed by atoms with E-state index < -0.39 is 0 Å². The molecule has 0 fully saturated rings. The Labute approximate surface area is 113 Å². The molecule has 0 spiro atoms. The minimum atomic E-state index is 1.07. The quantitative estimate of drug-likeness (QED) is 0.449. The highest BCUT2D eigenvalue weighted by Gasteiger charge is 1.76. The Balaban J connectivity index is 0. The van der Waals surface area contributed by atoms with E-state index in [1.807, 2.05) is 40.0 Å². The summed E-state index contributed by atoms with van der Waals surface area (Å²) in [6.45, 7) is 19.3. The lowest BCUT2D eigenvalue weighted by atomic mass is 10.2. The van der Waals surface area contributed by atoms with Crippen molar-refractivity contribution in [1.29, 1.82) is 0 Å². The van der Waals surface area contributed by atoms with Crippen molar-refractivity contribution in [2.24, 2.45) is 4.99 Å². The topological polar surface area (TPSA) is 12.4 Å². The Kier molecular flexibility index (Phi) is 12.3. The zero-order valence-electron chi connectivity index (χ0n) is 12.7. The van der Waals surface area contributed by atoms with Crippen molar-refractivity contribution in [3.05, 3.63) is 60.4 Å². The van der Waals surface area contributed by atoms with E-state index in [4.69, 9.17) is 0 Å². The molecule has 1 nitrogen and oxygen atoms in total. The maximum atomic E-state index is 4.08. The first-order valence-corrected chi connectivity index (χ1v) is 6.08. The highest BCUT2D eigenvalue weighted by molar-refractivity contribution is 5.79. The largest absolute Gasteiger partial charge is 0.266 e. The Hall–Kier alpha value is -1.63. The van der Waals surface area contributed by atoms with Crippen LogP contribution in [0.3, 0.4) is 0 Å². The Bertz CT molecular complexity index is 330. The van der Waals surface area contributed by atoms with E-state index in [0.29, 0.717) is 0 Å². The van der Waals surface area contributed by atoms with Gasteiger partial charge in [-0.25, -0.2) is 0 Å². The summed E-state index contributed by atoms with van der Waals surface area (Å²) in [7, 11) is 0. The first-order chi connectivity index (χ1) is 8.33. The molecule has 18 heavy (non-hydrogen) atoms. The molecule has 100 valence electrons. The molecular weight excluding hydrogens is 218 g/mol. The van der Waals surface area contributed by atoms with Crippen LogP contribution in [-0.4, -0.2) is 5.71 Å². The lowest BCUT2D eigenvalue weighted by Gasteiger charge is -1.86. The van der Waals surface area contributed by atoms with Gasteiger partial charge in [-0.15, -0.1) is 0 Å². The molecule has 0 aliphatic carbocycles. The molecule has 0 atom stereocenters. The third-order valence-corrected chi connectivity index (χ3v) is 1.85. The molecule has 0 aliphatic rings. The van der Waals surface area contributed by atoms with Gasteiger partial charge in [0.05, 0.1) is 0 Å². The summed E-state index contributed by atoms with van der Waals surface area (Å²) in [4.78, 5) is 4.08. The van der Waals surface area contributed by atoms with E-state index in [0.717, 1.165) is 11.3 Å². The molecule has 0 aromatic carbocycles. The van der Waals surface area contributed by atoms with E-state index in [1.165, 1.54) is 11.1 Å². The van der Waals surface area contributed by atoms with Crippen molar-refractivity contribution in [2.45, 2.75) is 41.5 Å². The van der Waals surface area contributed by atoms with Crippen LogP contribution in [0.4, 0.5) is 0 Å². The summed E-state index contributed by atoms with van der Waals surface area (Å²) in [5, 5.41) is 0. The summed E-state index contributed by atoms with van der Waals surface area (Å²) >= 11 is 0. The van der Waals surface area contributed by atoms with Gasteiger partial charge in [0.15, 0.2) is 0 Å². The molecule has 0 aliphatic heterocycles. The van der Waals surface area contributed by atoms with Crippen molar-refractivity contribution >= 4 is 5.71 Å². The fourth-order valence-corrected chi connectivity index (χ4v) is 0.650. The Morgan fingerprint density at radius 1 is 0.778 bits per heavy atom. The average Bonchev–Trinajstić information content (AvgIpc) is 2.33. The number of hydrogen-bond donors (Lipinski definition) is 0. The SMILES string of the molecule is C=C/C(C)=C\C=C(C)C.C=C/C(C)=C\N=C(C)C. The first kappa shape index (κ1) is 18.7. The summed E-state index contributed by atoms with van der Waals surface area (Å²) in [6, 6.07) is 0. The summed E-state index contributed by atoms with van der Waals surface area (Å²) in [6.07, 6.45) is 9.58. The van der Waals surface area contributed by atoms with Crippen molar-refractivity contribution in [3.63, 3.8) is 0 Å². The zero-order chi connectivity index (χ0) is 14.6. The van der Waals surface area contributed by atoms with Crippen molar-refractivity contribution in [1.82, 2.24) is 0 Å². The number of aliphatic imine (C=N–C) groups is 1. The van der Waals surface area contributed by atoms with Gasteiger partial charge < -0.3 is 0 Å². The number of rotatable bonds is 4. The molecule has 0 rings (SSSR count). The molecule has 0 N–H and O–H groups in total. The molecule has 1 heteroatoms. The zero-order valence-corrected chi connectivity index (χ0v) is 12.7. The first-order valence-electron chi connectivity index (χ1n) is 6.08. The second-order valence-electron chi connectivity index (χ2n) is 4.51. The van der Waals surface area contributed by atoms with Crippen LogP contribution < -0.4 is 0 Å². The molecule has 0 radical (unpaired) electrons. The smallest absolute Gasteiger partial charge is 0.0295 e. The van der Waals surface area contributed by atoms with Gasteiger partial charge in [-0.2, -0.15) is 0 Å². The van der Waals surface area contributed by atoms with E-state index in [1.54, 1.807) is 6.08 Å². The Morgan fingerprint density at radius 3 is 1.61 bits per heavy atom. The molecule has 0 unspecified atom stereocenters. The van der Waals surface area contributed by atoms with Crippen LogP contribution in [0.1, 0.15) is 41.5 Å². The fourth-order valence-electron chi connectivity index (χ4n) is 0.650. The molecule has 0 bridgehead atoms. The van der Waals surface area contributed by atoms with Gasteiger partial charge in [0.25, 0.3) is 0 Å². The number of allylic oxidation sites excluding steroid dienone is 7. The monoisotopic (exact) mass is 245 g/mol. The molecule has 0 amide bonds. The minimum absolute atomic E-state index is 1.07. The third-order valence-electron chi connectivity index (χ3n) is 1.85. The van der Waals surface area contributed by atoms with Crippen LogP contribution in [0.2, 0.25) is 0 Å². The lowest BCUT2D eigenvalue weighted by molar-refractivity contribution is 1.38. The van der Waals surface area contributed by atoms with Crippen LogP contribution in [0.5, 0.6) is 0 Å². The molecular formula is C17H27N. The highest BCUT2D eigenvalue weighted by atomic mass is 14.7. The van der Waals surface area contributed by atoms with Crippen LogP contribution in [0.25, 0.3) is 0 Å². The van der Waals surface area contributed by atoms with E-state index >= 15 is 0 Å². The normalized spacial score (nSPS) is 10.8. The van der Waals surface area contributed by atoms with Gasteiger partial charge in [-0.3, -0.25) is 4.99 Å². The van der Waals surface area contributed by atoms with E-state index in [-0.39, 0.29) is 0 Å². The van der Waals surface area contributed by atoms with Gasteiger partial charge in [0.1, 0.15) is 0 Å². The molecule has 0 saturated heterocycles. The predicted octanol–water partition coefficient (Wildman–Crippen LogP) is 5.64. The van der Waals surface area contributed by atoms with Gasteiger partial charge in [0.2, 0.25) is 0 Å². The molecule has 0 saturated carbocycles. The lowest BCUT2D eigenvalue weighted by Crippen LogP contribution is -1.76. The maximum absolute atomic E-state index is 4.08.